The Labute approximate surface area is 186 Å². The summed E-state index contributed by atoms with van der Waals surface area (Å²) in [6, 6.07) is 8.55. The van der Waals surface area contributed by atoms with Crippen molar-refractivity contribution < 1.29 is 19.1 Å². The Morgan fingerprint density at radius 1 is 1.16 bits per heavy atom. The fourth-order valence-electron chi connectivity index (χ4n) is 5.01. The van der Waals surface area contributed by atoms with Gasteiger partial charge >= 0.3 is 12.1 Å². The minimum absolute atomic E-state index is 0.127. The molecule has 1 fully saturated rings. The fraction of sp³-hybridized carbons (Fsp3) is 0.680. The Kier molecular flexibility index (Phi) is 7.50. The highest BCUT2D eigenvalue weighted by molar-refractivity contribution is 5.69. The summed E-state index contributed by atoms with van der Waals surface area (Å²) < 4.78 is 10.6. The van der Waals surface area contributed by atoms with E-state index in [-0.39, 0.29) is 18.0 Å². The van der Waals surface area contributed by atoms with Crippen LogP contribution in [-0.2, 0) is 20.7 Å². The van der Waals surface area contributed by atoms with E-state index in [0.717, 1.165) is 45.3 Å². The van der Waals surface area contributed by atoms with Gasteiger partial charge in [-0.05, 0) is 75.8 Å². The van der Waals surface area contributed by atoms with E-state index in [0.29, 0.717) is 18.3 Å². The molecule has 1 amide bonds. The van der Waals surface area contributed by atoms with Crippen LogP contribution in [0.25, 0.3) is 0 Å². The number of hydrogen-bond acceptors (Lipinski definition) is 5. The molecule has 3 rings (SSSR count). The summed E-state index contributed by atoms with van der Waals surface area (Å²) >= 11 is 0. The predicted octanol–water partition coefficient (Wildman–Crippen LogP) is 4.51. The molecule has 2 unspecified atom stereocenters. The first kappa shape index (κ1) is 23.4. The molecule has 2 atom stereocenters. The lowest BCUT2D eigenvalue weighted by Crippen LogP contribution is -2.43. The normalized spacial score (nSPS) is 20.7. The second-order valence-corrected chi connectivity index (χ2v) is 10.2. The third-order valence-corrected chi connectivity index (χ3v) is 6.62. The molecule has 0 spiro atoms. The largest absolute Gasteiger partial charge is 0.469 e. The first-order valence-corrected chi connectivity index (χ1v) is 11.5. The topological polar surface area (TPSA) is 59.1 Å². The fourth-order valence-corrected chi connectivity index (χ4v) is 5.01. The van der Waals surface area contributed by atoms with Gasteiger partial charge in [-0.2, -0.15) is 0 Å². The number of benzene rings is 1. The highest BCUT2D eigenvalue weighted by Gasteiger charge is 2.34. The van der Waals surface area contributed by atoms with E-state index in [4.69, 9.17) is 9.47 Å². The summed E-state index contributed by atoms with van der Waals surface area (Å²) in [6.07, 6.45) is 4.15. The summed E-state index contributed by atoms with van der Waals surface area (Å²) in [5.41, 5.74) is 2.18. The average molecular weight is 431 g/mol. The van der Waals surface area contributed by atoms with Crippen molar-refractivity contribution in [2.45, 2.75) is 58.5 Å². The first-order valence-electron chi connectivity index (χ1n) is 11.5. The van der Waals surface area contributed by atoms with Crippen LogP contribution >= 0.6 is 0 Å². The van der Waals surface area contributed by atoms with Crippen LogP contribution in [0.5, 0.6) is 0 Å². The third-order valence-electron chi connectivity index (χ3n) is 6.62. The van der Waals surface area contributed by atoms with Gasteiger partial charge in [0.15, 0.2) is 0 Å². The number of carbonyl (C=O) groups is 2. The molecule has 0 saturated carbocycles. The zero-order valence-corrected chi connectivity index (χ0v) is 19.7. The molecule has 2 aliphatic heterocycles. The highest BCUT2D eigenvalue weighted by Crippen LogP contribution is 2.37. The summed E-state index contributed by atoms with van der Waals surface area (Å²) in [7, 11) is 3.61. The molecule has 6 heteroatoms. The van der Waals surface area contributed by atoms with Gasteiger partial charge in [0.2, 0.25) is 0 Å². The standard InChI is InChI=1S/C25H38N2O4/c1-25(2,3)31-24(29)27-12-10-18(11-13-27)14-20(16-23(28)30-5)21-15-19-8-6-7-9-22(19)26(4)17-21/h6-9,18,20-21H,10-17H2,1-5H3. The number of fused-ring (bicyclic) bond motifs is 1. The van der Waals surface area contributed by atoms with E-state index in [1.165, 1.54) is 18.4 Å². The molecule has 0 N–H and O–H groups in total. The van der Waals surface area contributed by atoms with Gasteiger partial charge in [0.1, 0.15) is 5.60 Å². The Morgan fingerprint density at radius 2 is 1.84 bits per heavy atom. The molecule has 0 aromatic heterocycles. The Morgan fingerprint density at radius 3 is 2.48 bits per heavy atom. The van der Waals surface area contributed by atoms with Gasteiger partial charge in [0, 0.05) is 38.8 Å². The van der Waals surface area contributed by atoms with Gasteiger partial charge in [0.05, 0.1) is 7.11 Å². The van der Waals surface area contributed by atoms with E-state index in [1.54, 1.807) is 0 Å². The monoisotopic (exact) mass is 430 g/mol. The minimum Gasteiger partial charge on any atom is -0.469 e. The lowest BCUT2D eigenvalue weighted by Gasteiger charge is -2.40. The lowest BCUT2D eigenvalue weighted by atomic mass is 9.75. The number of hydrogen-bond donors (Lipinski definition) is 0. The smallest absolute Gasteiger partial charge is 0.410 e. The number of methoxy groups -OCH3 is 1. The second kappa shape index (κ2) is 9.92. The van der Waals surface area contributed by atoms with Gasteiger partial charge in [0.25, 0.3) is 0 Å². The van der Waals surface area contributed by atoms with Gasteiger partial charge in [-0.25, -0.2) is 4.79 Å². The molecule has 0 radical (unpaired) electrons. The van der Waals surface area contributed by atoms with Crippen LogP contribution in [0.2, 0.25) is 0 Å². The van der Waals surface area contributed by atoms with Crippen molar-refractivity contribution in [1.29, 1.82) is 0 Å². The Balaban J connectivity index is 1.62. The zero-order valence-electron chi connectivity index (χ0n) is 19.7. The van der Waals surface area contributed by atoms with Gasteiger partial charge in [-0.3, -0.25) is 4.79 Å². The van der Waals surface area contributed by atoms with Crippen LogP contribution in [0.1, 0.15) is 52.0 Å². The number of nitrogens with zero attached hydrogens (tertiary/aromatic N) is 2. The number of rotatable bonds is 5. The van der Waals surface area contributed by atoms with Crippen molar-refractivity contribution in [3.8, 4) is 0 Å². The summed E-state index contributed by atoms with van der Waals surface area (Å²) in [5, 5.41) is 0. The highest BCUT2D eigenvalue weighted by atomic mass is 16.6. The van der Waals surface area contributed by atoms with Crippen molar-refractivity contribution in [3.05, 3.63) is 29.8 Å². The number of para-hydroxylation sites is 1. The van der Waals surface area contributed by atoms with Crippen LogP contribution < -0.4 is 4.90 Å². The van der Waals surface area contributed by atoms with Crippen molar-refractivity contribution >= 4 is 17.7 Å². The van der Waals surface area contributed by atoms with E-state index in [9.17, 15) is 9.59 Å². The average Bonchev–Trinajstić information content (AvgIpc) is 2.72. The summed E-state index contributed by atoms with van der Waals surface area (Å²) in [6.45, 7) is 8.09. The summed E-state index contributed by atoms with van der Waals surface area (Å²) in [5.74, 6) is 1.08. The van der Waals surface area contributed by atoms with Crippen LogP contribution in [-0.4, -0.2) is 56.4 Å². The Bertz CT molecular complexity index is 765. The van der Waals surface area contributed by atoms with Crippen LogP contribution in [0, 0.1) is 17.8 Å². The molecule has 1 saturated heterocycles. The number of amides is 1. The number of esters is 1. The maximum absolute atomic E-state index is 12.4. The van der Waals surface area contributed by atoms with Crippen LogP contribution in [0.15, 0.2) is 24.3 Å². The van der Waals surface area contributed by atoms with Gasteiger partial charge in [-0.1, -0.05) is 18.2 Å². The zero-order chi connectivity index (χ0) is 22.6. The second-order valence-electron chi connectivity index (χ2n) is 10.2. The molecular weight excluding hydrogens is 392 g/mol. The number of piperidine rings is 1. The molecule has 1 aromatic carbocycles. The van der Waals surface area contributed by atoms with Crippen molar-refractivity contribution in [2.24, 2.45) is 17.8 Å². The summed E-state index contributed by atoms with van der Waals surface area (Å²) in [4.78, 5) is 28.7. The Hall–Kier alpha value is -2.24. The number of ether oxygens (including phenoxy) is 2. The van der Waals surface area contributed by atoms with Crippen molar-refractivity contribution in [2.75, 3.05) is 38.7 Å². The van der Waals surface area contributed by atoms with E-state index >= 15 is 0 Å². The SMILES string of the molecule is COC(=O)CC(CC1CCN(C(=O)OC(C)(C)C)CC1)C1Cc2ccccc2N(C)C1. The van der Waals surface area contributed by atoms with Gasteiger partial charge < -0.3 is 19.3 Å². The maximum atomic E-state index is 12.4. The molecule has 2 heterocycles. The first-order chi connectivity index (χ1) is 14.7. The quantitative estimate of drug-likeness (QED) is 0.643. The molecule has 172 valence electrons. The van der Waals surface area contributed by atoms with Crippen molar-refractivity contribution in [1.82, 2.24) is 4.90 Å². The van der Waals surface area contributed by atoms with E-state index in [2.05, 4.69) is 36.2 Å². The van der Waals surface area contributed by atoms with Crippen LogP contribution in [0.4, 0.5) is 10.5 Å². The van der Waals surface area contributed by atoms with E-state index in [1.807, 2.05) is 25.7 Å². The molecular formula is C25H38N2O4. The molecule has 6 nitrogen and oxygen atoms in total. The number of carbonyl (C=O) groups excluding carboxylic acids is 2. The third kappa shape index (κ3) is 6.37. The van der Waals surface area contributed by atoms with E-state index < -0.39 is 5.60 Å². The molecule has 0 aliphatic carbocycles. The predicted molar refractivity (Wildman–Crippen MR) is 122 cm³/mol. The molecule has 31 heavy (non-hydrogen) atoms. The van der Waals surface area contributed by atoms with Crippen molar-refractivity contribution in [3.63, 3.8) is 0 Å². The lowest BCUT2D eigenvalue weighted by molar-refractivity contribution is -0.142. The van der Waals surface area contributed by atoms with Crippen LogP contribution in [0.3, 0.4) is 0 Å². The maximum Gasteiger partial charge on any atom is 0.410 e. The molecule has 1 aromatic rings. The molecule has 0 bridgehead atoms. The number of anilines is 1. The number of likely N-dealkylation sites (tertiary alicyclic amines) is 1. The minimum atomic E-state index is -0.469. The van der Waals surface area contributed by atoms with Gasteiger partial charge in [-0.15, -0.1) is 0 Å². The molecule has 2 aliphatic rings.